The fourth-order valence-electron chi connectivity index (χ4n) is 0.112. The molecule has 7 heavy (non-hydrogen) atoms. The van der Waals surface area contributed by atoms with Crippen molar-refractivity contribution in [2.24, 2.45) is 5.73 Å². The van der Waals surface area contributed by atoms with Crippen molar-refractivity contribution >= 4 is 24.0 Å². The molecule has 0 bridgehead atoms. The summed E-state index contributed by atoms with van der Waals surface area (Å²) in [6.45, 7) is 0. The van der Waals surface area contributed by atoms with Crippen LogP contribution >= 0.6 is 24.0 Å². The van der Waals surface area contributed by atoms with Gasteiger partial charge in [0.25, 0.3) is 0 Å². The van der Waals surface area contributed by atoms with Crippen molar-refractivity contribution < 1.29 is 5.11 Å². The van der Waals surface area contributed by atoms with Crippen LogP contribution in [0.5, 0.6) is 0 Å². The highest BCUT2D eigenvalue weighted by atomic mass is 35.5. The average molecular weight is 146 g/mol. The Morgan fingerprint density at radius 3 is 2.14 bits per heavy atom. The monoisotopic (exact) mass is 145 g/mol. The number of hydrogen-bond acceptors (Lipinski definition) is 2. The number of aliphatic hydroxyl groups excluding tert-OH is 1. The zero-order valence-corrected chi connectivity index (χ0v) is 5.37. The van der Waals surface area contributed by atoms with Gasteiger partial charge in [0.1, 0.15) is 6.23 Å². The molecule has 0 amide bonds. The molecule has 0 aliphatic heterocycles. The lowest BCUT2D eigenvalue weighted by Crippen LogP contribution is -2.18. The van der Waals surface area contributed by atoms with Gasteiger partial charge in [-0.2, -0.15) is 0 Å². The lowest BCUT2D eigenvalue weighted by Gasteiger charge is -1.95. The summed E-state index contributed by atoms with van der Waals surface area (Å²) >= 11 is 5.16. The van der Waals surface area contributed by atoms with Gasteiger partial charge in [-0.25, -0.2) is 0 Å². The van der Waals surface area contributed by atoms with Crippen molar-refractivity contribution in [1.82, 2.24) is 0 Å². The third-order valence-corrected chi connectivity index (χ3v) is 0.623. The van der Waals surface area contributed by atoms with E-state index in [1.54, 1.807) is 0 Å². The second-order valence-corrected chi connectivity index (χ2v) is 1.42. The molecule has 0 fully saturated rings. The van der Waals surface area contributed by atoms with Gasteiger partial charge in [-0.3, -0.25) is 0 Å². The Balaban J connectivity index is 0. The molecular weight excluding hydrogens is 137 g/mol. The van der Waals surface area contributed by atoms with Crippen LogP contribution in [-0.2, 0) is 0 Å². The topological polar surface area (TPSA) is 46.2 Å². The minimum atomic E-state index is -0.734. The molecule has 0 saturated heterocycles. The third kappa shape index (κ3) is 10.7. The van der Waals surface area contributed by atoms with Gasteiger partial charge >= 0.3 is 0 Å². The molecule has 0 radical (unpaired) electrons. The van der Waals surface area contributed by atoms with E-state index in [4.69, 9.17) is 22.4 Å². The molecule has 1 atom stereocenters. The fourth-order valence-corrected chi connectivity index (χ4v) is 0.335. The largest absolute Gasteiger partial charge is 0.379 e. The Labute approximate surface area is 54.1 Å². The van der Waals surface area contributed by atoms with E-state index < -0.39 is 6.23 Å². The van der Waals surface area contributed by atoms with Gasteiger partial charge in [-0.05, 0) is 0 Å². The zero-order chi connectivity index (χ0) is 4.99. The molecular formula is C3H9Cl2NO. The van der Waals surface area contributed by atoms with Crippen molar-refractivity contribution in [3.05, 3.63) is 0 Å². The summed E-state index contributed by atoms with van der Waals surface area (Å²) in [5.41, 5.74) is 4.87. The molecule has 0 spiro atoms. The Bertz CT molecular complexity index is 34.1. The van der Waals surface area contributed by atoms with Crippen LogP contribution in [0.2, 0.25) is 0 Å². The molecule has 0 aromatic heterocycles. The molecule has 4 heteroatoms. The molecule has 0 saturated carbocycles. The van der Waals surface area contributed by atoms with Gasteiger partial charge < -0.3 is 10.8 Å². The maximum absolute atomic E-state index is 8.25. The average Bonchev–Trinajstić information content (AvgIpc) is 1.35. The van der Waals surface area contributed by atoms with Crippen LogP contribution < -0.4 is 5.73 Å². The van der Waals surface area contributed by atoms with E-state index in [9.17, 15) is 0 Å². The van der Waals surface area contributed by atoms with E-state index in [-0.39, 0.29) is 12.4 Å². The summed E-state index contributed by atoms with van der Waals surface area (Å²) in [6, 6.07) is 0. The predicted octanol–water partition coefficient (Wildman–Crippen LogP) is 0.314. The van der Waals surface area contributed by atoms with Crippen molar-refractivity contribution in [1.29, 1.82) is 0 Å². The minimum Gasteiger partial charge on any atom is -0.379 e. The molecule has 0 rings (SSSR count). The molecule has 0 aliphatic carbocycles. The highest BCUT2D eigenvalue weighted by Gasteiger charge is 1.88. The first-order valence-corrected chi connectivity index (χ1v) is 2.30. The summed E-state index contributed by atoms with van der Waals surface area (Å²) in [4.78, 5) is 0. The van der Waals surface area contributed by atoms with E-state index in [0.29, 0.717) is 12.3 Å². The van der Waals surface area contributed by atoms with Crippen LogP contribution in [-0.4, -0.2) is 17.2 Å². The predicted molar refractivity (Wildman–Crippen MR) is 32.8 cm³/mol. The Morgan fingerprint density at radius 2 is 2.14 bits per heavy atom. The molecule has 0 aromatic carbocycles. The maximum Gasteiger partial charge on any atom is 0.103 e. The van der Waals surface area contributed by atoms with Gasteiger partial charge in [0.15, 0.2) is 0 Å². The summed E-state index contributed by atoms with van der Waals surface area (Å²) in [6.07, 6.45) is -0.260. The SMILES string of the molecule is Cl.NC(O)CCCl. The number of hydrogen-bond donors (Lipinski definition) is 2. The number of nitrogens with two attached hydrogens (primary N) is 1. The summed E-state index contributed by atoms with van der Waals surface area (Å²) < 4.78 is 0. The summed E-state index contributed by atoms with van der Waals surface area (Å²) in [5, 5.41) is 8.25. The van der Waals surface area contributed by atoms with Gasteiger partial charge in [-0.15, -0.1) is 24.0 Å². The van der Waals surface area contributed by atoms with Crippen molar-refractivity contribution in [3.8, 4) is 0 Å². The van der Waals surface area contributed by atoms with E-state index >= 15 is 0 Å². The van der Waals surface area contributed by atoms with E-state index in [1.807, 2.05) is 0 Å². The van der Waals surface area contributed by atoms with Crippen LogP contribution in [0.25, 0.3) is 0 Å². The Kier molecular flexibility index (Phi) is 9.73. The Hall–Kier alpha value is 0.500. The molecule has 0 aliphatic rings. The van der Waals surface area contributed by atoms with Crippen LogP contribution in [0.4, 0.5) is 0 Å². The van der Waals surface area contributed by atoms with Crippen molar-refractivity contribution in [2.75, 3.05) is 5.88 Å². The Morgan fingerprint density at radius 1 is 1.71 bits per heavy atom. The molecule has 1 unspecified atom stereocenters. The highest BCUT2D eigenvalue weighted by molar-refractivity contribution is 6.17. The van der Waals surface area contributed by atoms with Crippen LogP contribution in [0.3, 0.4) is 0 Å². The van der Waals surface area contributed by atoms with Gasteiger partial charge in [-0.1, -0.05) is 0 Å². The normalized spacial score (nSPS) is 12.4. The van der Waals surface area contributed by atoms with Crippen molar-refractivity contribution in [3.63, 3.8) is 0 Å². The standard InChI is InChI=1S/C3H8ClNO.ClH/c4-2-1-3(5)6;/h3,6H,1-2,5H2;1H. The highest BCUT2D eigenvalue weighted by Crippen LogP contribution is 1.83. The second-order valence-electron chi connectivity index (χ2n) is 1.05. The first-order chi connectivity index (χ1) is 2.77. The van der Waals surface area contributed by atoms with Crippen LogP contribution in [0.15, 0.2) is 0 Å². The van der Waals surface area contributed by atoms with Gasteiger partial charge in [0.05, 0.1) is 0 Å². The lowest BCUT2D eigenvalue weighted by atomic mass is 10.4. The number of rotatable bonds is 2. The molecule has 2 nitrogen and oxygen atoms in total. The van der Waals surface area contributed by atoms with Crippen molar-refractivity contribution in [2.45, 2.75) is 12.6 Å². The van der Waals surface area contributed by atoms with E-state index in [0.717, 1.165) is 0 Å². The third-order valence-electron chi connectivity index (χ3n) is 0.405. The minimum absolute atomic E-state index is 0. The smallest absolute Gasteiger partial charge is 0.103 e. The maximum atomic E-state index is 8.25. The second kappa shape index (κ2) is 6.50. The zero-order valence-electron chi connectivity index (χ0n) is 3.80. The first kappa shape index (κ1) is 10.5. The number of alkyl halides is 1. The molecule has 0 heterocycles. The summed E-state index contributed by atoms with van der Waals surface area (Å²) in [5.74, 6) is 0.428. The number of aliphatic hydroxyl groups is 1. The van der Waals surface area contributed by atoms with E-state index in [1.165, 1.54) is 0 Å². The first-order valence-electron chi connectivity index (χ1n) is 1.77. The lowest BCUT2D eigenvalue weighted by molar-refractivity contribution is 0.179. The number of halogens is 2. The molecule has 3 N–H and O–H groups in total. The van der Waals surface area contributed by atoms with Gasteiger partial charge in [0, 0.05) is 12.3 Å². The van der Waals surface area contributed by atoms with Gasteiger partial charge in [0.2, 0.25) is 0 Å². The van der Waals surface area contributed by atoms with E-state index in [2.05, 4.69) is 0 Å². The molecule has 0 aromatic rings. The fraction of sp³-hybridized carbons (Fsp3) is 1.00. The van der Waals surface area contributed by atoms with Crippen LogP contribution in [0.1, 0.15) is 6.42 Å². The quantitative estimate of drug-likeness (QED) is 0.435. The van der Waals surface area contributed by atoms with Crippen LogP contribution in [0, 0.1) is 0 Å². The summed E-state index contributed by atoms with van der Waals surface area (Å²) in [7, 11) is 0. The molecule has 46 valence electrons.